The summed E-state index contributed by atoms with van der Waals surface area (Å²) in [4.78, 5) is 12.6. The van der Waals surface area contributed by atoms with Crippen LogP contribution in [0.25, 0.3) is 0 Å². The van der Waals surface area contributed by atoms with Gasteiger partial charge in [-0.3, -0.25) is 4.79 Å². The normalized spacial score (nSPS) is 12.3. The van der Waals surface area contributed by atoms with Crippen molar-refractivity contribution in [1.82, 2.24) is 4.90 Å². The van der Waals surface area contributed by atoms with Crippen LogP contribution in [0.5, 0.6) is 0 Å². The summed E-state index contributed by atoms with van der Waals surface area (Å²) < 4.78 is 13.3. The van der Waals surface area contributed by atoms with Gasteiger partial charge >= 0.3 is 0 Å². The number of benzene rings is 1. The molecule has 0 aliphatic rings. The molecule has 1 rings (SSSR count). The van der Waals surface area contributed by atoms with Gasteiger partial charge in [-0.05, 0) is 25.1 Å². The van der Waals surface area contributed by atoms with E-state index in [0.717, 1.165) is 0 Å². The number of likely N-dealkylation sites (N-methyl/N-ethyl adjacent to an activating group) is 1. The molecule has 1 atom stereocenters. The molecule has 0 saturated heterocycles. The van der Waals surface area contributed by atoms with Gasteiger partial charge in [-0.1, -0.05) is 11.6 Å². The van der Waals surface area contributed by atoms with E-state index >= 15 is 0 Å². The Morgan fingerprint density at radius 3 is 2.81 bits per heavy atom. The van der Waals surface area contributed by atoms with Crippen LogP contribution in [0, 0.1) is 5.82 Å². The first-order valence-corrected chi connectivity index (χ1v) is 5.16. The number of carbonyl (C=O) groups excluding carboxylic acids is 1. The Hall–Kier alpha value is -1.13. The lowest BCUT2D eigenvalue weighted by Crippen LogP contribution is -2.34. The summed E-state index contributed by atoms with van der Waals surface area (Å²) in [7, 11) is 1.50. The summed E-state index contributed by atoms with van der Waals surface area (Å²) >= 11 is 5.72. The summed E-state index contributed by atoms with van der Waals surface area (Å²) in [5, 5.41) is 9.49. The second-order valence-corrected chi connectivity index (χ2v) is 4.04. The molecule has 5 heteroatoms. The van der Waals surface area contributed by atoms with Crippen molar-refractivity contribution < 1.29 is 14.3 Å². The summed E-state index contributed by atoms with van der Waals surface area (Å²) in [6, 6.07) is 4.15. The highest BCUT2D eigenvalue weighted by Gasteiger charge is 2.16. The van der Waals surface area contributed by atoms with Crippen molar-refractivity contribution in [3.63, 3.8) is 0 Å². The number of hydrogen-bond acceptors (Lipinski definition) is 2. The van der Waals surface area contributed by atoms with Gasteiger partial charge in [0.15, 0.2) is 0 Å². The van der Waals surface area contributed by atoms with E-state index in [1.807, 2.05) is 0 Å². The van der Waals surface area contributed by atoms with Crippen molar-refractivity contribution in [3.05, 3.63) is 34.6 Å². The Morgan fingerprint density at radius 2 is 2.25 bits per heavy atom. The molecule has 0 aliphatic carbocycles. The van der Waals surface area contributed by atoms with E-state index in [4.69, 9.17) is 16.7 Å². The third-order valence-corrected chi connectivity index (χ3v) is 2.38. The minimum atomic E-state index is -1.09. The van der Waals surface area contributed by atoms with Crippen molar-refractivity contribution in [2.24, 2.45) is 0 Å². The Morgan fingerprint density at radius 1 is 1.62 bits per heavy atom. The Labute approximate surface area is 98.4 Å². The molecular weight excluding hydrogens is 233 g/mol. The van der Waals surface area contributed by atoms with Crippen molar-refractivity contribution in [2.45, 2.75) is 19.6 Å². The summed E-state index contributed by atoms with van der Waals surface area (Å²) in [6.45, 7) is 1.45. The lowest BCUT2D eigenvalue weighted by atomic mass is 10.2. The number of halogens is 2. The highest BCUT2D eigenvalue weighted by Crippen LogP contribution is 2.16. The Bertz CT molecular complexity index is 396. The highest BCUT2D eigenvalue weighted by atomic mass is 35.5. The van der Waals surface area contributed by atoms with Crippen molar-refractivity contribution >= 4 is 17.5 Å². The van der Waals surface area contributed by atoms with Crippen molar-refractivity contribution in [3.8, 4) is 0 Å². The first-order chi connectivity index (χ1) is 7.41. The van der Waals surface area contributed by atoms with E-state index in [9.17, 15) is 9.18 Å². The van der Waals surface area contributed by atoms with Gasteiger partial charge in [0.05, 0.1) is 0 Å². The fourth-order valence-electron chi connectivity index (χ4n) is 1.32. The number of rotatable bonds is 3. The smallest absolute Gasteiger partial charge is 0.251 e. The minimum Gasteiger partial charge on any atom is -0.384 e. The molecule has 0 heterocycles. The lowest BCUT2D eigenvalue weighted by Gasteiger charge is -2.19. The largest absolute Gasteiger partial charge is 0.384 e. The molecule has 0 aromatic heterocycles. The number of carbonyl (C=O) groups is 1. The number of aliphatic hydroxyl groups is 1. The Kier molecular flexibility index (Phi) is 4.26. The van der Waals surface area contributed by atoms with Gasteiger partial charge in [0.1, 0.15) is 11.9 Å². The molecular formula is C11H13ClFNO2. The quantitative estimate of drug-likeness (QED) is 0.883. The number of hydrogen-bond donors (Lipinski definition) is 1. The van der Waals surface area contributed by atoms with Gasteiger partial charge in [0.2, 0.25) is 0 Å². The SMILES string of the molecule is CC(O)C(=O)N(C)Cc1cc(Cl)ccc1F. The fourth-order valence-corrected chi connectivity index (χ4v) is 1.51. The molecule has 1 aromatic carbocycles. The predicted molar refractivity (Wildman–Crippen MR) is 59.6 cm³/mol. The first kappa shape index (κ1) is 12.9. The van der Waals surface area contributed by atoms with Crippen LogP contribution >= 0.6 is 11.6 Å². The van der Waals surface area contributed by atoms with Crippen molar-refractivity contribution in [1.29, 1.82) is 0 Å². The molecule has 1 N–H and O–H groups in total. The maximum Gasteiger partial charge on any atom is 0.251 e. The number of aliphatic hydroxyl groups excluding tert-OH is 1. The molecule has 0 radical (unpaired) electrons. The van der Waals surface area contributed by atoms with E-state index in [-0.39, 0.29) is 6.54 Å². The molecule has 88 valence electrons. The van der Waals surface area contributed by atoms with Crippen LogP contribution in [-0.4, -0.2) is 29.1 Å². The molecule has 0 aliphatic heterocycles. The van der Waals surface area contributed by atoms with Gasteiger partial charge in [0.25, 0.3) is 5.91 Å². The van der Waals surface area contributed by atoms with E-state index in [1.165, 1.54) is 37.1 Å². The van der Waals surface area contributed by atoms with Crippen LogP contribution in [0.4, 0.5) is 4.39 Å². The zero-order chi connectivity index (χ0) is 12.3. The van der Waals surface area contributed by atoms with Crippen molar-refractivity contribution in [2.75, 3.05) is 7.05 Å². The Balaban J connectivity index is 2.80. The summed E-state index contributed by atoms with van der Waals surface area (Å²) in [5.74, 6) is -0.881. The molecule has 1 aromatic rings. The van der Waals surface area contributed by atoms with E-state index in [2.05, 4.69) is 0 Å². The van der Waals surface area contributed by atoms with Gasteiger partial charge < -0.3 is 10.0 Å². The van der Waals surface area contributed by atoms with Crippen LogP contribution in [0.3, 0.4) is 0 Å². The molecule has 0 bridgehead atoms. The monoisotopic (exact) mass is 245 g/mol. The second-order valence-electron chi connectivity index (χ2n) is 3.61. The lowest BCUT2D eigenvalue weighted by molar-refractivity contribution is -0.138. The third kappa shape index (κ3) is 3.18. The highest BCUT2D eigenvalue weighted by molar-refractivity contribution is 6.30. The maximum absolute atomic E-state index is 13.3. The molecule has 16 heavy (non-hydrogen) atoms. The third-order valence-electron chi connectivity index (χ3n) is 2.15. The minimum absolute atomic E-state index is 0.0795. The van der Waals surface area contributed by atoms with Gasteiger partial charge in [-0.25, -0.2) is 4.39 Å². The molecule has 1 amide bonds. The van der Waals surface area contributed by atoms with Crippen LogP contribution < -0.4 is 0 Å². The summed E-state index contributed by atoms with van der Waals surface area (Å²) in [5.41, 5.74) is 0.323. The van der Waals surface area contributed by atoms with E-state index < -0.39 is 17.8 Å². The maximum atomic E-state index is 13.3. The fraction of sp³-hybridized carbons (Fsp3) is 0.364. The molecule has 1 unspecified atom stereocenters. The van der Waals surface area contributed by atoms with E-state index in [0.29, 0.717) is 10.6 Å². The van der Waals surface area contributed by atoms with Crippen LogP contribution in [0.15, 0.2) is 18.2 Å². The van der Waals surface area contributed by atoms with Crippen LogP contribution in [0.2, 0.25) is 5.02 Å². The molecule has 0 saturated carbocycles. The topological polar surface area (TPSA) is 40.5 Å². The standard InChI is InChI=1S/C11H13ClFNO2/c1-7(15)11(16)14(2)6-8-5-9(12)3-4-10(8)13/h3-5,7,15H,6H2,1-2H3. The molecule has 0 spiro atoms. The van der Waals surface area contributed by atoms with Gasteiger partial charge in [-0.15, -0.1) is 0 Å². The van der Waals surface area contributed by atoms with Crippen LogP contribution in [-0.2, 0) is 11.3 Å². The zero-order valence-corrected chi connectivity index (χ0v) is 9.83. The molecule has 3 nitrogen and oxygen atoms in total. The number of amides is 1. The first-order valence-electron chi connectivity index (χ1n) is 4.78. The average molecular weight is 246 g/mol. The summed E-state index contributed by atoms with van der Waals surface area (Å²) in [6.07, 6.45) is -1.09. The van der Waals surface area contributed by atoms with Gasteiger partial charge in [0, 0.05) is 24.2 Å². The average Bonchev–Trinajstić information content (AvgIpc) is 2.22. The van der Waals surface area contributed by atoms with E-state index in [1.54, 1.807) is 0 Å². The zero-order valence-electron chi connectivity index (χ0n) is 9.08. The van der Waals surface area contributed by atoms with Crippen LogP contribution in [0.1, 0.15) is 12.5 Å². The second kappa shape index (κ2) is 5.27. The number of nitrogens with zero attached hydrogens (tertiary/aromatic N) is 1. The predicted octanol–water partition coefficient (Wildman–Crippen LogP) is 1.82. The molecule has 0 fully saturated rings. The van der Waals surface area contributed by atoms with Gasteiger partial charge in [-0.2, -0.15) is 0 Å².